The normalized spacial score (nSPS) is 14.6. The molecule has 0 aliphatic carbocycles. The van der Waals surface area contributed by atoms with Gasteiger partial charge in [-0.05, 0) is 38.5 Å². The number of hydrogen-bond donors (Lipinski definition) is 0. The summed E-state index contributed by atoms with van der Waals surface area (Å²) in [5, 5.41) is 11.3. The van der Waals surface area contributed by atoms with Crippen LogP contribution in [0.2, 0.25) is 0 Å². The number of carbonyl (C=O) groups excluding carboxylic acids is 1. The first-order chi connectivity index (χ1) is 10.0. The van der Waals surface area contributed by atoms with Crippen LogP contribution in [0.4, 0.5) is 0 Å². The summed E-state index contributed by atoms with van der Waals surface area (Å²) >= 11 is 3.34. The summed E-state index contributed by atoms with van der Waals surface area (Å²) in [6.07, 6.45) is 3.33. The highest BCUT2D eigenvalue weighted by Crippen LogP contribution is 2.22. The molecular formula is C16H20BrNO4. The molecule has 0 aliphatic heterocycles. The Bertz CT molecular complexity index is 575. The minimum absolute atomic E-state index is 0.0367. The number of rotatable bonds is 5. The first kappa shape index (κ1) is 18.4. The second-order valence-corrected chi connectivity index (χ2v) is 7.11. The molecule has 1 aromatic rings. The molecular weight excluding hydrogens is 350 g/mol. The molecule has 0 N–H and O–H groups in total. The summed E-state index contributed by atoms with van der Waals surface area (Å²) < 4.78 is 6.11. The Hall–Kier alpha value is -1.69. The lowest BCUT2D eigenvalue weighted by Crippen LogP contribution is -2.46. The van der Waals surface area contributed by atoms with Crippen molar-refractivity contribution in [2.24, 2.45) is 0 Å². The summed E-state index contributed by atoms with van der Waals surface area (Å²) in [5.74, 6) is -0.828. The zero-order valence-corrected chi connectivity index (χ0v) is 14.7. The fourth-order valence-electron chi connectivity index (χ4n) is 1.62. The Kier molecular flexibility index (Phi) is 5.88. The van der Waals surface area contributed by atoms with Crippen molar-refractivity contribution in [2.45, 2.75) is 45.3 Å². The second kappa shape index (κ2) is 7.05. The average Bonchev–Trinajstić information content (AvgIpc) is 2.38. The molecule has 0 aromatic heterocycles. The van der Waals surface area contributed by atoms with Crippen LogP contribution in [0.1, 0.15) is 39.7 Å². The van der Waals surface area contributed by atoms with Crippen molar-refractivity contribution >= 4 is 28.0 Å². The van der Waals surface area contributed by atoms with Gasteiger partial charge in [0.15, 0.2) is 0 Å². The maximum Gasteiger partial charge on any atom is 0.385 e. The summed E-state index contributed by atoms with van der Waals surface area (Å²) in [5.41, 5.74) is -1.65. The highest BCUT2D eigenvalue weighted by atomic mass is 79.9. The lowest BCUT2D eigenvalue weighted by molar-refractivity contribution is -0.550. The van der Waals surface area contributed by atoms with E-state index in [1.54, 1.807) is 32.9 Å². The van der Waals surface area contributed by atoms with Gasteiger partial charge in [0.05, 0.1) is 0 Å². The number of nitro groups is 1. The number of ether oxygens (including phenoxy) is 1. The molecule has 0 fully saturated rings. The summed E-state index contributed by atoms with van der Waals surface area (Å²) in [7, 11) is 0. The van der Waals surface area contributed by atoms with E-state index in [1.165, 1.54) is 6.92 Å². The topological polar surface area (TPSA) is 69.4 Å². The lowest BCUT2D eigenvalue weighted by atomic mass is 9.97. The Labute approximate surface area is 138 Å². The first-order valence-electron chi connectivity index (χ1n) is 6.85. The van der Waals surface area contributed by atoms with Crippen LogP contribution in [0.15, 0.2) is 34.8 Å². The molecule has 0 spiro atoms. The highest BCUT2D eigenvalue weighted by Gasteiger charge is 2.47. The number of halogens is 1. The number of nitrogens with zero attached hydrogens (tertiary/aromatic N) is 1. The van der Waals surface area contributed by atoms with Gasteiger partial charge in [-0.15, -0.1) is 0 Å². The van der Waals surface area contributed by atoms with E-state index in [1.807, 2.05) is 24.3 Å². The van der Waals surface area contributed by atoms with E-state index in [-0.39, 0.29) is 6.42 Å². The van der Waals surface area contributed by atoms with Gasteiger partial charge in [0.2, 0.25) is 0 Å². The van der Waals surface area contributed by atoms with Crippen molar-refractivity contribution in [1.29, 1.82) is 0 Å². The molecule has 6 heteroatoms. The van der Waals surface area contributed by atoms with Gasteiger partial charge >= 0.3 is 11.5 Å². The predicted octanol–water partition coefficient (Wildman–Crippen LogP) is 4.23. The number of esters is 1. The van der Waals surface area contributed by atoms with Crippen molar-refractivity contribution in [3.05, 3.63) is 50.5 Å². The Morgan fingerprint density at radius 2 is 1.82 bits per heavy atom. The molecule has 0 saturated carbocycles. The minimum atomic E-state index is -1.79. The van der Waals surface area contributed by atoms with Crippen molar-refractivity contribution in [3.63, 3.8) is 0 Å². The standard InChI is InChI=1S/C16H20BrNO4/c1-15(2,3)22-14(19)16(4,18(20)21)11-5-6-12-7-9-13(17)10-8-12/h5-10H,11H2,1-4H3/b6-5+/t16-/m1/s1. The van der Waals surface area contributed by atoms with E-state index >= 15 is 0 Å². The molecule has 22 heavy (non-hydrogen) atoms. The number of hydrogen-bond acceptors (Lipinski definition) is 4. The third-order valence-electron chi connectivity index (χ3n) is 2.94. The van der Waals surface area contributed by atoms with Crippen LogP contribution >= 0.6 is 15.9 Å². The second-order valence-electron chi connectivity index (χ2n) is 6.19. The molecule has 120 valence electrons. The van der Waals surface area contributed by atoms with Crippen LogP contribution in [-0.2, 0) is 9.53 Å². The van der Waals surface area contributed by atoms with Gasteiger partial charge in [0, 0.05) is 22.7 Å². The van der Waals surface area contributed by atoms with E-state index in [0.717, 1.165) is 10.0 Å². The van der Waals surface area contributed by atoms with Gasteiger partial charge in [-0.3, -0.25) is 10.1 Å². The average molecular weight is 370 g/mol. The third kappa shape index (κ3) is 5.26. The Morgan fingerprint density at radius 3 is 2.27 bits per heavy atom. The van der Waals surface area contributed by atoms with Crippen molar-refractivity contribution < 1.29 is 14.5 Å². The van der Waals surface area contributed by atoms with Gasteiger partial charge in [-0.2, -0.15) is 0 Å². The summed E-state index contributed by atoms with van der Waals surface area (Å²) in [6, 6.07) is 7.50. The minimum Gasteiger partial charge on any atom is -0.455 e. The highest BCUT2D eigenvalue weighted by molar-refractivity contribution is 9.10. The molecule has 0 radical (unpaired) electrons. The number of benzene rings is 1. The van der Waals surface area contributed by atoms with E-state index in [4.69, 9.17) is 4.74 Å². The van der Waals surface area contributed by atoms with Crippen molar-refractivity contribution in [2.75, 3.05) is 0 Å². The van der Waals surface area contributed by atoms with Crippen LogP contribution in [0.25, 0.3) is 6.08 Å². The van der Waals surface area contributed by atoms with Crippen LogP contribution in [-0.4, -0.2) is 22.0 Å². The lowest BCUT2D eigenvalue weighted by Gasteiger charge is -2.24. The summed E-state index contributed by atoms with van der Waals surface area (Å²) in [4.78, 5) is 22.8. The van der Waals surface area contributed by atoms with Crippen molar-refractivity contribution in [1.82, 2.24) is 0 Å². The SMILES string of the molecule is CC(C)(C)OC(=O)[C@@](C)(C/C=C/c1ccc(Br)cc1)[N+](=O)[O-]. The monoisotopic (exact) mass is 369 g/mol. The van der Waals surface area contributed by atoms with Crippen LogP contribution in [0.3, 0.4) is 0 Å². The van der Waals surface area contributed by atoms with Gasteiger partial charge < -0.3 is 4.74 Å². The van der Waals surface area contributed by atoms with E-state index in [0.29, 0.717) is 0 Å². The zero-order valence-electron chi connectivity index (χ0n) is 13.1. The molecule has 0 amide bonds. The molecule has 0 aliphatic rings. The quantitative estimate of drug-likeness (QED) is 0.442. The molecule has 1 aromatic carbocycles. The van der Waals surface area contributed by atoms with E-state index in [2.05, 4.69) is 15.9 Å². The Balaban J connectivity index is 2.85. The fraction of sp³-hybridized carbons (Fsp3) is 0.438. The van der Waals surface area contributed by atoms with Crippen molar-refractivity contribution in [3.8, 4) is 0 Å². The van der Waals surface area contributed by atoms with Gasteiger partial charge in [0.25, 0.3) is 0 Å². The molecule has 1 rings (SSSR count). The molecule has 0 heterocycles. The van der Waals surface area contributed by atoms with Crippen LogP contribution in [0.5, 0.6) is 0 Å². The maximum atomic E-state index is 12.1. The predicted molar refractivity (Wildman–Crippen MR) is 89.0 cm³/mol. The van der Waals surface area contributed by atoms with Gasteiger partial charge in [-0.1, -0.05) is 40.2 Å². The number of carbonyl (C=O) groups is 1. The fourth-order valence-corrected chi connectivity index (χ4v) is 1.88. The smallest absolute Gasteiger partial charge is 0.385 e. The van der Waals surface area contributed by atoms with Gasteiger partial charge in [-0.25, -0.2) is 4.79 Å². The van der Waals surface area contributed by atoms with Gasteiger partial charge in [0.1, 0.15) is 5.60 Å². The van der Waals surface area contributed by atoms with E-state index in [9.17, 15) is 14.9 Å². The maximum absolute atomic E-state index is 12.1. The first-order valence-corrected chi connectivity index (χ1v) is 7.64. The third-order valence-corrected chi connectivity index (χ3v) is 3.47. The summed E-state index contributed by atoms with van der Waals surface area (Å²) in [6.45, 7) is 6.34. The molecule has 5 nitrogen and oxygen atoms in total. The zero-order chi connectivity index (χ0) is 17.0. The molecule has 0 bridgehead atoms. The molecule has 1 atom stereocenters. The largest absolute Gasteiger partial charge is 0.455 e. The molecule has 0 unspecified atom stereocenters. The van der Waals surface area contributed by atoms with E-state index < -0.39 is 22.0 Å². The Morgan fingerprint density at radius 1 is 1.27 bits per heavy atom. The van der Waals surface area contributed by atoms with Crippen LogP contribution in [0, 0.1) is 10.1 Å². The molecule has 0 saturated heterocycles. The van der Waals surface area contributed by atoms with Crippen LogP contribution < -0.4 is 0 Å².